The minimum Gasteiger partial charge on any atom is -0.337 e. The Morgan fingerprint density at radius 1 is 1.21 bits per heavy atom. The van der Waals surface area contributed by atoms with E-state index >= 15 is 0 Å². The highest BCUT2D eigenvalue weighted by molar-refractivity contribution is 5.92. The third-order valence-electron chi connectivity index (χ3n) is 7.07. The molecule has 148 valence electrons. The smallest absolute Gasteiger partial charge is 0.276 e. The lowest BCUT2D eigenvalue weighted by atomic mass is 9.74. The van der Waals surface area contributed by atoms with E-state index < -0.39 is 0 Å². The fourth-order valence-electron chi connectivity index (χ4n) is 5.41. The number of carbonyl (C=O) groups is 1. The van der Waals surface area contributed by atoms with Gasteiger partial charge in [0.25, 0.3) is 5.91 Å². The van der Waals surface area contributed by atoms with Gasteiger partial charge >= 0.3 is 0 Å². The summed E-state index contributed by atoms with van der Waals surface area (Å²) in [6.45, 7) is 4.60. The fraction of sp³-hybridized carbons (Fsp3) is 0.591. The lowest BCUT2D eigenvalue weighted by Gasteiger charge is -2.40. The summed E-state index contributed by atoms with van der Waals surface area (Å²) in [6.07, 6.45) is 8.77. The van der Waals surface area contributed by atoms with Gasteiger partial charge in [-0.15, -0.1) is 5.10 Å². The van der Waals surface area contributed by atoms with Crippen molar-refractivity contribution in [3.8, 4) is 0 Å². The van der Waals surface area contributed by atoms with Crippen molar-refractivity contribution in [2.45, 2.75) is 50.5 Å². The highest BCUT2D eigenvalue weighted by Gasteiger charge is 2.42. The van der Waals surface area contributed by atoms with Gasteiger partial charge in [0.05, 0.1) is 6.20 Å². The summed E-state index contributed by atoms with van der Waals surface area (Å²) in [6, 6.07) is 8.86. The van der Waals surface area contributed by atoms with Crippen molar-refractivity contribution in [1.29, 1.82) is 0 Å². The highest BCUT2D eigenvalue weighted by Crippen LogP contribution is 2.46. The molecule has 6 heteroatoms. The average Bonchev–Trinajstić information content (AvgIpc) is 3.35. The summed E-state index contributed by atoms with van der Waals surface area (Å²) >= 11 is 0. The largest absolute Gasteiger partial charge is 0.337 e. The van der Waals surface area contributed by atoms with E-state index in [-0.39, 0.29) is 11.3 Å². The Morgan fingerprint density at radius 3 is 2.89 bits per heavy atom. The molecule has 0 radical (unpaired) electrons. The maximum Gasteiger partial charge on any atom is 0.276 e. The number of rotatable bonds is 3. The normalized spacial score (nSPS) is 23.7. The van der Waals surface area contributed by atoms with Crippen LogP contribution in [0.3, 0.4) is 0 Å². The Kier molecular flexibility index (Phi) is 4.67. The number of hydrogen-bond acceptors (Lipinski definition) is 4. The summed E-state index contributed by atoms with van der Waals surface area (Å²) < 4.78 is 1.85. The number of piperidine rings is 2. The Morgan fingerprint density at radius 2 is 2.07 bits per heavy atom. The zero-order chi connectivity index (χ0) is 19.0. The second kappa shape index (κ2) is 7.32. The summed E-state index contributed by atoms with van der Waals surface area (Å²) in [4.78, 5) is 14.9. The molecule has 1 spiro atoms. The number of fused-ring (bicyclic) bond motifs is 2. The molecule has 2 saturated heterocycles. The van der Waals surface area contributed by atoms with Crippen LogP contribution in [-0.4, -0.2) is 52.0 Å². The Labute approximate surface area is 166 Å². The van der Waals surface area contributed by atoms with E-state index in [2.05, 4.69) is 39.9 Å². The lowest BCUT2D eigenvalue weighted by molar-refractivity contribution is 0.0660. The van der Waals surface area contributed by atoms with Gasteiger partial charge in [0.15, 0.2) is 5.69 Å². The Balaban J connectivity index is 1.22. The van der Waals surface area contributed by atoms with E-state index in [0.29, 0.717) is 11.6 Å². The Hall–Kier alpha value is -2.21. The van der Waals surface area contributed by atoms with E-state index in [4.69, 9.17) is 0 Å². The van der Waals surface area contributed by atoms with Crippen molar-refractivity contribution >= 4 is 5.91 Å². The molecule has 6 nitrogen and oxygen atoms in total. The van der Waals surface area contributed by atoms with Gasteiger partial charge in [-0.1, -0.05) is 29.5 Å². The molecular weight excluding hydrogens is 350 g/mol. The van der Waals surface area contributed by atoms with Crippen LogP contribution in [0, 0.1) is 5.92 Å². The predicted octanol–water partition coefficient (Wildman–Crippen LogP) is 2.40. The molecule has 1 aromatic carbocycles. The second-order valence-electron chi connectivity index (χ2n) is 8.77. The number of aryl methyl sites for hydroxylation is 1. The van der Waals surface area contributed by atoms with Gasteiger partial charge in [0.1, 0.15) is 0 Å². The van der Waals surface area contributed by atoms with Gasteiger partial charge in [-0.3, -0.25) is 9.48 Å². The number of aromatic nitrogens is 3. The third kappa shape index (κ3) is 3.24. The maximum atomic E-state index is 13.0. The zero-order valence-corrected chi connectivity index (χ0v) is 16.4. The summed E-state index contributed by atoms with van der Waals surface area (Å²) in [5.41, 5.74) is 3.79. The standard InChI is InChI=1S/C22H29N5O/c28-21(20-16-27(25-24-20)15-17-4-3-11-23-14-17)26-12-9-22(10-13-26)8-7-18-5-1-2-6-19(18)22/h1-2,5-6,16-17,23H,3-4,7-15H2. The molecule has 3 heterocycles. The second-order valence-corrected chi connectivity index (χ2v) is 8.77. The first-order chi connectivity index (χ1) is 13.7. The van der Waals surface area contributed by atoms with Crippen LogP contribution in [0.2, 0.25) is 0 Å². The number of carbonyl (C=O) groups excluding carboxylic acids is 1. The zero-order valence-electron chi connectivity index (χ0n) is 16.4. The van der Waals surface area contributed by atoms with Crippen LogP contribution in [0.5, 0.6) is 0 Å². The van der Waals surface area contributed by atoms with E-state index in [1.807, 2.05) is 15.8 Å². The molecule has 1 N–H and O–H groups in total. The van der Waals surface area contributed by atoms with Gasteiger partial charge in [0, 0.05) is 19.6 Å². The van der Waals surface area contributed by atoms with Crippen molar-refractivity contribution in [2.24, 2.45) is 5.92 Å². The van der Waals surface area contributed by atoms with Crippen LogP contribution in [0.15, 0.2) is 30.5 Å². The number of likely N-dealkylation sites (tertiary alicyclic amines) is 1. The van der Waals surface area contributed by atoms with Crippen LogP contribution in [0.4, 0.5) is 0 Å². The monoisotopic (exact) mass is 379 g/mol. The predicted molar refractivity (Wildman–Crippen MR) is 107 cm³/mol. The summed E-state index contributed by atoms with van der Waals surface area (Å²) in [5, 5.41) is 11.8. The van der Waals surface area contributed by atoms with Gasteiger partial charge < -0.3 is 10.2 Å². The molecule has 2 fully saturated rings. The first-order valence-electron chi connectivity index (χ1n) is 10.7. The van der Waals surface area contributed by atoms with Crippen molar-refractivity contribution in [1.82, 2.24) is 25.2 Å². The maximum absolute atomic E-state index is 13.0. The van der Waals surface area contributed by atoms with Crippen LogP contribution in [0.1, 0.15) is 53.7 Å². The number of amides is 1. The van der Waals surface area contributed by atoms with Crippen molar-refractivity contribution in [3.05, 3.63) is 47.3 Å². The molecule has 28 heavy (non-hydrogen) atoms. The van der Waals surface area contributed by atoms with Crippen molar-refractivity contribution < 1.29 is 4.79 Å². The lowest BCUT2D eigenvalue weighted by Crippen LogP contribution is -2.44. The minimum absolute atomic E-state index is 0.0363. The topological polar surface area (TPSA) is 63.1 Å². The molecule has 2 aliphatic heterocycles. The summed E-state index contributed by atoms with van der Waals surface area (Å²) in [7, 11) is 0. The molecule has 1 unspecified atom stereocenters. The van der Waals surface area contributed by atoms with Crippen molar-refractivity contribution in [3.63, 3.8) is 0 Å². The van der Waals surface area contributed by atoms with Gasteiger partial charge in [-0.25, -0.2) is 0 Å². The van der Waals surface area contributed by atoms with Crippen LogP contribution < -0.4 is 5.32 Å². The number of hydrogen-bond donors (Lipinski definition) is 1. The molecule has 5 rings (SSSR count). The Bertz CT molecular complexity index is 846. The number of benzene rings is 1. The highest BCUT2D eigenvalue weighted by atomic mass is 16.2. The molecule has 1 amide bonds. The molecule has 1 aliphatic carbocycles. The van der Waals surface area contributed by atoms with E-state index in [1.54, 1.807) is 0 Å². The quantitative estimate of drug-likeness (QED) is 0.890. The molecule has 0 bridgehead atoms. The molecular formula is C22H29N5O. The van der Waals surface area contributed by atoms with E-state index in [1.165, 1.54) is 36.8 Å². The first kappa shape index (κ1) is 17.9. The molecule has 2 aromatic rings. The number of nitrogens with one attached hydrogen (secondary N) is 1. The van der Waals surface area contributed by atoms with E-state index in [9.17, 15) is 4.79 Å². The first-order valence-corrected chi connectivity index (χ1v) is 10.7. The number of nitrogens with zero attached hydrogens (tertiary/aromatic N) is 4. The fourth-order valence-corrected chi connectivity index (χ4v) is 5.41. The van der Waals surface area contributed by atoms with Crippen molar-refractivity contribution in [2.75, 3.05) is 26.2 Å². The van der Waals surface area contributed by atoms with Crippen LogP contribution in [0.25, 0.3) is 0 Å². The molecule has 1 aromatic heterocycles. The molecule has 3 aliphatic rings. The SMILES string of the molecule is O=C(c1cn(CC2CCCNC2)nn1)N1CCC2(CCc3ccccc32)CC1. The minimum atomic E-state index is 0.0363. The van der Waals surface area contributed by atoms with Crippen LogP contribution >= 0.6 is 0 Å². The molecule has 0 saturated carbocycles. The summed E-state index contributed by atoms with van der Waals surface area (Å²) in [5.74, 6) is 0.616. The van der Waals surface area contributed by atoms with Gasteiger partial charge in [0.2, 0.25) is 0 Å². The van der Waals surface area contributed by atoms with E-state index in [0.717, 1.165) is 45.6 Å². The van der Waals surface area contributed by atoms with Gasteiger partial charge in [-0.05, 0) is 74.1 Å². The third-order valence-corrected chi connectivity index (χ3v) is 7.07. The average molecular weight is 380 g/mol. The molecule has 1 atom stereocenters. The van der Waals surface area contributed by atoms with Gasteiger partial charge in [-0.2, -0.15) is 0 Å². The van der Waals surface area contributed by atoms with Crippen LogP contribution in [-0.2, 0) is 18.4 Å².